The number of halogens is 3. The quantitative estimate of drug-likeness (QED) is 0.402. The van der Waals surface area contributed by atoms with Crippen molar-refractivity contribution in [2.75, 3.05) is 18.9 Å². The highest BCUT2D eigenvalue weighted by atomic mass is 19.4. The molecule has 9 heteroatoms. The molecule has 0 heterocycles. The van der Waals surface area contributed by atoms with Crippen molar-refractivity contribution in [3.63, 3.8) is 0 Å². The van der Waals surface area contributed by atoms with Gasteiger partial charge in [0.05, 0.1) is 5.56 Å². The molecule has 1 amide bonds. The number of ether oxygens (including phenoxy) is 1. The minimum absolute atomic E-state index is 0.0364. The average molecular weight is 472 g/mol. The minimum Gasteiger partial charge on any atom is -0.449 e. The fourth-order valence-electron chi connectivity index (χ4n) is 4.23. The number of aliphatic hydroxyl groups is 2. The van der Waals surface area contributed by atoms with Crippen LogP contribution in [0.15, 0.2) is 66.7 Å². The maximum Gasteiger partial charge on any atom is 0.416 e. The fourth-order valence-corrected chi connectivity index (χ4v) is 4.23. The number of nitrogens with two attached hydrogens (primary N) is 1. The van der Waals surface area contributed by atoms with Gasteiger partial charge < -0.3 is 26.0 Å². The van der Waals surface area contributed by atoms with Gasteiger partial charge in [0.25, 0.3) is 0 Å². The van der Waals surface area contributed by atoms with Crippen molar-refractivity contribution in [2.45, 2.75) is 24.3 Å². The number of hydrogen-bond donors (Lipinski definition) is 4. The van der Waals surface area contributed by atoms with Crippen molar-refractivity contribution in [3.8, 4) is 11.1 Å². The van der Waals surface area contributed by atoms with Crippen LogP contribution in [0.3, 0.4) is 0 Å². The van der Waals surface area contributed by atoms with Crippen molar-refractivity contribution in [2.24, 2.45) is 0 Å². The Morgan fingerprint density at radius 3 is 2.18 bits per heavy atom. The fraction of sp³-hybridized carbons (Fsp3) is 0.240. The third-order valence-corrected chi connectivity index (χ3v) is 5.87. The van der Waals surface area contributed by atoms with Gasteiger partial charge in [-0.05, 0) is 39.9 Å². The van der Waals surface area contributed by atoms with Crippen LogP contribution in [0.2, 0.25) is 0 Å². The molecule has 34 heavy (non-hydrogen) atoms. The van der Waals surface area contributed by atoms with Crippen molar-refractivity contribution < 1.29 is 32.9 Å². The summed E-state index contributed by atoms with van der Waals surface area (Å²) in [6.07, 6.45) is -9.23. The van der Waals surface area contributed by atoms with E-state index in [4.69, 9.17) is 10.5 Å². The van der Waals surface area contributed by atoms with Gasteiger partial charge in [0.2, 0.25) is 0 Å². The highest BCUT2D eigenvalue weighted by Crippen LogP contribution is 2.44. The topological polar surface area (TPSA) is 105 Å². The number of aliphatic hydroxyl groups excluding tert-OH is 2. The SMILES string of the molecule is Nc1ccc(C(O)C(O)CNC(=O)OCC2c3ccccc3-c3ccccc32)c(C(F)(F)F)c1. The van der Waals surface area contributed by atoms with Crippen LogP contribution in [-0.4, -0.2) is 35.6 Å². The highest BCUT2D eigenvalue weighted by molar-refractivity contribution is 5.79. The van der Waals surface area contributed by atoms with E-state index < -0.39 is 42.1 Å². The standard InChI is InChI=1S/C25H23F3N2O4/c26-25(27,28)21-11-14(29)9-10-19(21)23(32)22(31)12-30-24(33)34-13-20-17-7-3-1-5-15(17)16-6-2-4-8-18(16)20/h1-11,20,22-23,31-32H,12-13,29H2,(H,30,33). The second-order valence-electron chi connectivity index (χ2n) is 8.06. The predicted octanol–water partition coefficient (Wildman–Crippen LogP) is 4.22. The van der Waals surface area contributed by atoms with Gasteiger partial charge in [-0.1, -0.05) is 54.6 Å². The summed E-state index contributed by atoms with van der Waals surface area (Å²) >= 11 is 0. The number of anilines is 1. The van der Waals surface area contributed by atoms with Gasteiger partial charge in [0.15, 0.2) is 0 Å². The van der Waals surface area contributed by atoms with Gasteiger partial charge in [-0.2, -0.15) is 13.2 Å². The maximum atomic E-state index is 13.3. The van der Waals surface area contributed by atoms with Gasteiger partial charge in [-0.15, -0.1) is 0 Å². The molecule has 5 N–H and O–H groups in total. The molecule has 1 aliphatic carbocycles. The molecule has 0 radical (unpaired) electrons. The number of benzene rings is 3. The van der Waals surface area contributed by atoms with Crippen LogP contribution >= 0.6 is 0 Å². The van der Waals surface area contributed by atoms with E-state index >= 15 is 0 Å². The van der Waals surface area contributed by atoms with Gasteiger partial charge in [-0.3, -0.25) is 0 Å². The Labute approximate surface area is 193 Å². The van der Waals surface area contributed by atoms with Crippen molar-refractivity contribution in [1.82, 2.24) is 5.32 Å². The number of fused-ring (bicyclic) bond motifs is 3. The number of alkyl carbamates (subject to hydrolysis) is 1. The molecule has 3 aromatic rings. The first-order valence-corrected chi connectivity index (χ1v) is 10.6. The van der Waals surface area contributed by atoms with Gasteiger partial charge >= 0.3 is 12.3 Å². The lowest BCUT2D eigenvalue weighted by Crippen LogP contribution is -2.36. The zero-order valence-corrected chi connectivity index (χ0v) is 17.9. The number of nitrogen functional groups attached to an aromatic ring is 1. The molecule has 2 unspecified atom stereocenters. The third kappa shape index (κ3) is 4.71. The molecule has 0 bridgehead atoms. The second kappa shape index (κ2) is 9.36. The average Bonchev–Trinajstić information content (AvgIpc) is 3.14. The lowest BCUT2D eigenvalue weighted by Gasteiger charge is -2.22. The molecule has 2 atom stereocenters. The molecule has 0 aromatic heterocycles. The van der Waals surface area contributed by atoms with Gasteiger partial charge in [-0.25, -0.2) is 4.79 Å². The Balaban J connectivity index is 1.37. The Hall–Kier alpha value is -3.56. The number of alkyl halides is 3. The van der Waals surface area contributed by atoms with E-state index in [-0.39, 0.29) is 18.2 Å². The number of carbonyl (C=O) groups is 1. The number of hydrogen-bond acceptors (Lipinski definition) is 5. The number of amides is 1. The minimum atomic E-state index is -4.77. The van der Waals surface area contributed by atoms with E-state index in [1.165, 1.54) is 6.07 Å². The van der Waals surface area contributed by atoms with E-state index in [9.17, 15) is 28.2 Å². The first kappa shape index (κ1) is 23.6. The monoisotopic (exact) mass is 472 g/mol. The lowest BCUT2D eigenvalue weighted by molar-refractivity contribution is -0.139. The van der Waals surface area contributed by atoms with Crippen LogP contribution in [0.25, 0.3) is 11.1 Å². The Bertz CT molecular complexity index is 1150. The van der Waals surface area contributed by atoms with Crippen LogP contribution in [0.4, 0.5) is 23.7 Å². The molecule has 1 aliphatic rings. The normalized spacial score (nSPS) is 14.7. The third-order valence-electron chi connectivity index (χ3n) is 5.87. The predicted molar refractivity (Wildman–Crippen MR) is 120 cm³/mol. The summed E-state index contributed by atoms with van der Waals surface area (Å²) in [6.45, 7) is -0.478. The molecule has 4 rings (SSSR count). The summed E-state index contributed by atoms with van der Waals surface area (Å²) in [5, 5.41) is 22.8. The number of nitrogens with one attached hydrogen (secondary N) is 1. The number of carbonyl (C=O) groups excluding carboxylic acids is 1. The zero-order valence-electron chi connectivity index (χ0n) is 17.9. The smallest absolute Gasteiger partial charge is 0.416 e. The maximum absolute atomic E-state index is 13.3. The second-order valence-corrected chi connectivity index (χ2v) is 8.06. The molecule has 0 saturated heterocycles. The summed E-state index contributed by atoms with van der Waals surface area (Å²) in [5.41, 5.74) is 7.78. The lowest BCUT2D eigenvalue weighted by atomic mass is 9.97. The molecule has 6 nitrogen and oxygen atoms in total. The Morgan fingerprint density at radius 1 is 1.00 bits per heavy atom. The first-order valence-electron chi connectivity index (χ1n) is 10.6. The Morgan fingerprint density at radius 2 is 1.59 bits per heavy atom. The van der Waals surface area contributed by atoms with Crippen molar-refractivity contribution in [1.29, 1.82) is 0 Å². The van der Waals surface area contributed by atoms with Gasteiger partial charge in [0.1, 0.15) is 18.8 Å². The largest absolute Gasteiger partial charge is 0.449 e. The van der Waals surface area contributed by atoms with Crippen molar-refractivity contribution >= 4 is 11.8 Å². The molecular formula is C25H23F3N2O4. The van der Waals surface area contributed by atoms with Gasteiger partial charge in [0, 0.05) is 18.2 Å². The van der Waals surface area contributed by atoms with E-state index in [1.807, 2.05) is 48.5 Å². The molecule has 0 spiro atoms. The molecule has 0 saturated carbocycles. The summed E-state index contributed by atoms with van der Waals surface area (Å²) in [7, 11) is 0. The van der Waals surface area contributed by atoms with Crippen LogP contribution < -0.4 is 11.1 Å². The molecule has 3 aromatic carbocycles. The molecule has 0 aliphatic heterocycles. The Kier molecular flexibility index (Phi) is 6.49. The van der Waals surface area contributed by atoms with Crippen LogP contribution in [0.5, 0.6) is 0 Å². The molecular weight excluding hydrogens is 449 g/mol. The highest BCUT2D eigenvalue weighted by Gasteiger charge is 2.37. The first-order chi connectivity index (χ1) is 16.2. The van der Waals surface area contributed by atoms with Crippen LogP contribution in [-0.2, 0) is 10.9 Å². The zero-order chi connectivity index (χ0) is 24.5. The van der Waals surface area contributed by atoms with E-state index in [0.717, 1.165) is 28.3 Å². The van der Waals surface area contributed by atoms with Crippen LogP contribution in [0, 0.1) is 0 Å². The summed E-state index contributed by atoms with van der Waals surface area (Å²) in [5.74, 6) is -0.169. The molecule has 0 fully saturated rings. The van der Waals surface area contributed by atoms with Crippen molar-refractivity contribution in [3.05, 3.63) is 89.0 Å². The van der Waals surface area contributed by atoms with E-state index in [0.29, 0.717) is 6.07 Å². The summed E-state index contributed by atoms with van der Waals surface area (Å²) in [4.78, 5) is 12.2. The number of rotatable bonds is 6. The van der Waals surface area contributed by atoms with Crippen LogP contribution in [0.1, 0.15) is 34.3 Å². The summed E-state index contributed by atoms with van der Waals surface area (Å²) < 4.78 is 45.2. The van der Waals surface area contributed by atoms with E-state index in [2.05, 4.69) is 5.32 Å². The van der Waals surface area contributed by atoms with E-state index in [1.54, 1.807) is 0 Å². The summed E-state index contributed by atoms with van der Waals surface area (Å²) in [6, 6.07) is 18.5. The molecule has 178 valence electrons.